The molecular weight excluding hydrogens is 190 g/mol. The fourth-order valence-corrected chi connectivity index (χ4v) is 2.27. The first-order valence-corrected chi connectivity index (χ1v) is 5.71. The summed E-state index contributed by atoms with van der Waals surface area (Å²) in [5.74, 6) is 0. The Bertz CT molecular complexity index is 318. The van der Waals surface area contributed by atoms with Crippen LogP contribution in [0.25, 0.3) is 0 Å². The molecule has 0 aliphatic heterocycles. The van der Waals surface area contributed by atoms with Gasteiger partial charge in [-0.1, -0.05) is 12.1 Å². The standard InChI is InChI=1S/C12H19NS/c1-9-6-7-10(2)11(8-9)14-12(3,4)13-5/h6-8,13H,1-5H3. The molecule has 0 heterocycles. The van der Waals surface area contributed by atoms with Gasteiger partial charge in [0.1, 0.15) is 0 Å². The molecule has 0 saturated carbocycles. The monoisotopic (exact) mass is 209 g/mol. The summed E-state index contributed by atoms with van der Waals surface area (Å²) in [4.78, 5) is 1.46. The SMILES string of the molecule is CNC(C)(C)Sc1cc(C)ccc1C. The molecule has 1 nitrogen and oxygen atoms in total. The molecule has 0 bridgehead atoms. The Hall–Kier alpha value is -0.470. The number of hydrogen-bond donors (Lipinski definition) is 1. The zero-order valence-corrected chi connectivity index (χ0v) is 10.5. The fraction of sp³-hybridized carbons (Fsp3) is 0.500. The Morgan fingerprint density at radius 3 is 2.43 bits per heavy atom. The molecule has 1 N–H and O–H groups in total. The third kappa shape index (κ3) is 3.03. The van der Waals surface area contributed by atoms with Crippen LogP contribution in [0.2, 0.25) is 0 Å². The highest BCUT2D eigenvalue weighted by Crippen LogP contribution is 2.32. The molecule has 0 unspecified atom stereocenters. The summed E-state index contributed by atoms with van der Waals surface area (Å²) in [6, 6.07) is 6.59. The molecule has 0 spiro atoms. The largest absolute Gasteiger partial charge is 0.306 e. The lowest BCUT2D eigenvalue weighted by molar-refractivity contribution is 0.609. The molecule has 0 saturated heterocycles. The summed E-state index contributed by atoms with van der Waals surface area (Å²) in [5, 5.41) is 3.30. The van der Waals surface area contributed by atoms with Crippen molar-refractivity contribution in [3.63, 3.8) is 0 Å². The number of rotatable bonds is 3. The van der Waals surface area contributed by atoms with Gasteiger partial charge in [-0.15, -0.1) is 11.8 Å². The van der Waals surface area contributed by atoms with Crippen LogP contribution in [-0.4, -0.2) is 11.9 Å². The number of hydrogen-bond acceptors (Lipinski definition) is 2. The van der Waals surface area contributed by atoms with Gasteiger partial charge >= 0.3 is 0 Å². The molecule has 0 fully saturated rings. The van der Waals surface area contributed by atoms with Gasteiger partial charge in [-0.2, -0.15) is 0 Å². The van der Waals surface area contributed by atoms with Crippen LogP contribution in [0.1, 0.15) is 25.0 Å². The Balaban J connectivity index is 2.91. The van der Waals surface area contributed by atoms with Crippen molar-refractivity contribution in [2.75, 3.05) is 7.05 Å². The highest BCUT2D eigenvalue weighted by atomic mass is 32.2. The van der Waals surface area contributed by atoms with Gasteiger partial charge in [-0.05, 0) is 51.9 Å². The van der Waals surface area contributed by atoms with Crippen LogP contribution in [-0.2, 0) is 0 Å². The predicted molar refractivity (Wildman–Crippen MR) is 64.9 cm³/mol. The van der Waals surface area contributed by atoms with Gasteiger partial charge in [0.05, 0.1) is 4.87 Å². The van der Waals surface area contributed by atoms with Crippen molar-refractivity contribution in [2.24, 2.45) is 0 Å². The van der Waals surface area contributed by atoms with E-state index >= 15 is 0 Å². The summed E-state index contributed by atoms with van der Waals surface area (Å²) in [6.45, 7) is 8.68. The third-order valence-corrected chi connectivity index (χ3v) is 3.68. The average molecular weight is 209 g/mol. The Morgan fingerprint density at radius 2 is 1.86 bits per heavy atom. The molecule has 1 aromatic carbocycles. The van der Waals surface area contributed by atoms with Crippen molar-refractivity contribution in [2.45, 2.75) is 37.5 Å². The summed E-state index contributed by atoms with van der Waals surface area (Å²) in [6.07, 6.45) is 0. The van der Waals surface area contributed by atoms with E-state index in [0.29, 0.717) is 0 Å². The molecule has 0 radical (unpaired) electrons. The molecular formula is C12H19NS. The van der Waals surface area contributed by atoms with Gasteiger partial charge in [0.15, 0.2) is 0 Å². The molecule has 1 rings (SSSR count). The summed E-state index contributed by atoms with van der Waals surface area (Å²) in [7, 11) is 2.00. The second-order valence-electron chi connectivity index (χ2n) is 4.13. The van der Waals surface area contributed by atoms with E-state index in [-0.39, 0.29) is 4.87 Å². The normalized spacial score (nSPS) is 11.8. The maximum Gasteiger partial charge on any atom is 0.0632 e. The topological polar surface area (TPSA) is 12.0 Å². The average Bonchev–Trinajstić information content (AvgIpc) is 2.11. The van der Waals surface area contributed by atoms with Crippen LogP contribution >= 0.6 is 11.8 Å². The summed E-state index contributed by atoms with van der Waals surface area (Å²) in [5.41, 5.74) is 2.67. The van der Waals surface area contributed by atoms with E-state index in [0.717, 1.165) is 0 Å². The first-order valence-electron chi connectivity index (χ1n) is 4.90. The highest BCUT2D eigenvalue weighted by Gasteiger charge is 2.17. The molecule has 14 heavy (non-hydrogen) atoms. The van der Waals surface area contributed by atoms with Gasteiger partial charge in [0.25, 0.3) is 0 Å². The smallest absolute Gasteiger partial charge is 0.0632 e. The van der Waals surface area contributed by atoms with Gasteiger partial charge in [0.2, 0.25) is 0 Å². The van der Waals surface area contributed by atoms with E-state index < -0.39 is 0 Å². The fourth-order valence-electron chi connectivity index (χ4n) is 1.14. The van der Waals surface area contributed by atoms with E-state index in [1.807, 2.05) is 18.8 Å². The molecule has 2 heteroatoms. The van der Waals surface area contributed by atoms with Gasteiger partial charge in [0, 0.05) is 4.90 Å². The second-order valence-corrected chi connectivity index (χ2v) is 5.80. The van der Waals surface area contributed by atoms with Crippen molar-refractivity contribution in [1.82, 2.24) is 5.32 Å². The van der Waals surface area contributed by atoms with Crippen molar-refractivity contribution in [3.05, 3.63) is 29.3 Å². The van der Waals surface area contributed by atoms with Crippen LogP contribution in [0, 0.1) is 13.8 Å². The highest BCUT2D eigenvalue weighted by molar-refractivity contribution is 8.00. The molecule has 1 aromatic rings. The minimum atomic E-state index is 0.0958. The lowest BCUT2D eigenvalue weighted by Gasteiger charge is -2.24. The zero-order valence-electron chi connectivity index (χ0n) is 9.64. The number of aryl methyl sites for hydroxylation is 2. The predicted octanol–water partition coefficient (Wildman–Crippen LogP) is 3.35. The van der Waals surface area contributed by atoms with Crippen LogP contribution in [0.4, 0.5) is 0 Å². The van der Waals surface area contributed by atoms with E-state index in [1.54, 1.807) is 0 Å². The van der Waals surface area contributed by atoms with Crippen molar-refractivity contribution >= 4 is 11.8 Å². The Labute approximate surface area is 91.3 Å². The van der Waals surface area contributed by atoms with Crippen LogP contribution in [0.5, 0.6) is 0 Å². The summed E-state index contributed by atoms with van der Waals surface area (Å²) >= 11 is 1.88. The van der Waals surface area contributed by atoms with Crippen molar-refractivity contribution in [1.29, 1.82) is 0 Å². The van der Waals surface area contributed by atoms with Crippen molar-refractivity contribution < 1.29 is 0 Å². The van der Waals surface area contributed by atoms with E-state index in [4.69, 9.17) is 0 Å². The quantitative estimate of drug-likeness (QED) is 0.605. The van der Waals surface area contributed by atoms with E-state index in [2.05, 4.69) is 51.2 Å². The molecule has 0 amide bonds. The first kappa shape index (κ1) is 11.6. The number of thioether (sulfide) groups is 1. The molecule has 0 atom stereocenters. The number of benzene rings is 1. The molecule has 0 aromatic heterocycles. The maximum atomic E-state index is 3.30. The van der Waals surface area contributed by atoms with E-state index in [9.17, 15) is 0 Å². The van der Waals surface area contributed by atoms with Crippen LogP contribution in [0.15, 0.2) is 23.1 Å². The Kier molecular flexibility index (Phi) is 3.62. The third-order valence-electron chi connectivity index (χ3n) is 2.31. The lowest BCUT2D eigenvalue weighted by Crippen LogP contribution is -2.32. The van der Waals surface area contributed by atoms with Crippen molar-refractivity contribution in [3.8, 4) is 0 Å². The number of nitrogens with one attached hydrogen (secondary N) is 1. The van der Waals surface area contributed by atoms with Crippen LogP contribution < -0.4 is 5.32 Å². The second kappa shape index (κ2) is 4.37. The maximum absolute atomic E-state index is 3.30. The van der Waals surface area contributed by atoms with Gasteiger partial charge in [-0.3, -0.25) is 0 Å². The summed E-state index contributed by atoms with van der Waals surface area (Å²) < 4.78 is 0. The zero-order chi connectivity index (χ0) is 10.8. The Morgan fingerprint density at radius 1 is 1.21 bits per heavy atom. The van der Waals surface area contributed by atoms with Gasteiger partial charge < -0.3 is 5.32 Å². The molecule has 0 aliphatic rings. The van der Waals surface area contributed by atoms with Crippen LogP contribution in [0.3, 0.4) is 0 Å². The minimum absolute atomic E-state index is 0.0958. The van der Waals surface area contributed by atoms with Gasteiger partial charge in [-0.25, -0.2) is 0 Å². The first-order chi connectivity index (χ1) is 6.44. The molecule has 78 valence electrons. The van der Waals surface area contributed by atoms with E-state index in [1.165, 1.54) is 16.0 Å². The molecule has 0 aliphatic carbocycles. The minimum Gasteiger partial charge on any atom is -0.306 e. The lowest BCUT2D eigenvalue weighted by atomic mass is 10.2.